The molecule has 0 amide bonds. The van der Waals surface area contributed by atoms with Crippen LogP contribution in [0.1, 0.15) is 50.3 Å². The maximum Gasteiger partial charge on any atom is 0.141 e. The molecule has 2 rings (SSSR count). The van der Waals surface area contributed by atoms with E-state index in [1.807, 2.05) is 7.05 Å². The minimum atomic E-state index is -0.275. The fourth-order valence-electron chi connectivity index (χ4n) is 3.28. The third-order valence-corrected chi connectivity index (χ3v) is 4.55. The van der Waals surface area contributed by atoms with Crippen LogP contribution in [0.5, 0.6) is 0 Å². The molecule has 1 saturated carbocycles. The van der Waals surface area contributed by atoms with Crippen LogP contribution in [0.2, 0.25) is 0 Å². The summed E-state index contributed by atoms with van der Waals surface area (Å²) in [7, 11) is 4.15. The third-order valence-electron chi connectivity index (χ3n) is 4.55. The topological polar surface area (TPSA) is 28.2 Å². The van der Waals surface area contributed by atoms with Crippen molar-refractivity contribution in [2.45, 2.75) is 44.6 Å². The summed E-state index contributed by atoms with van der Waals surface area (Å²) in [6.45, 7) is 2.24. The molecule has 4 heteroatoms. The fraction of sp³-hybridized carbons (Fsp3) is 0.706. The highest BCUT2D eigenvalue weighted by molar-refractivity contribution is 5.09. The molecule has 1 aliphatic carbocycles. The van der Waals surface area contributed by atoms with Gasteiger partial charge in [0.25, 0.3) is 0 Å². The van der Waals surface area contributed by atoms with Gasteiger partial charge >= 0.3 is 0 Å². The van der Waals surface area contributed by atoms with Gasteiger partial charge in [-0.3, -0.25) is 4.98 Å². The summed E-state index contributed by atoms with van der Waals surface area (Å²) in [6, 6.07) is 3.45. The number of aromatic nitrogens is 1. The molecule has 1 N–H and O–H groups in total. The van der Waals surface area contributed by atoms with E-state index in [1.165, 1.54) is 50.9 Å². The zero-order chi connectivity index (χ0) is 15.1. The molecule has 1 aliphatic rings. The Hall–Kier alpha value is -1.00. The van der Waals surface area contributed by atoms with Crippen molar-refractivity contribution in [3.05, 3.63) is 29.8 Å². The lowest BCUT2D eigenvalue weighted by molar-refractivity contribution is 0.225. The number of halogens is 1. The Morgan fingerprint density at radius 2 is 2.10 bits per heavy atom. The van der Waals surface area contributed by atoms with Crippen LogP contribution in [0, 0.1) is 11.7 Å². The van der Waals surface area contributed by atoms with Gasteiger partial charge in [0.2, 0.25) is 0 Å². The molecule has 0 aromatic carbocycles. The molecule has 0 aliphatic heterocycles. The summed E-state index contributed by atoms with van der Waals surface area (Å²) < 4.78 is 12.9. The van der Waals surface area contributed by atoms with Crippen LogP contribution in [0.25, 0.3) is 0 Å². The van der Waals surface area contributed by atoms with Crippen LogP contribution >= 0.6 is 0 Å². The summed E-state index contributed by atoms with van der Waals surface area (Å²) in [6.07, 6.45) is 9.29. The second kappa shape index (κ2) is 8.44. The normalized spacial score (nSPS) is 18.1. The van der Waals surface area contributed by atoms with E-state index in [1.54, 1.807) is 6.07 Å². The molecule has 0 spiro atoms. The summed E-state index contributed by atoms with van der Waals surface area (Å²) in [4.78, 5) is 6.62. The van der Waals surface area contributed by atoms with Crippen molar-refractivity contribution in [2.75, 3.05) is 27.2 Å². The van der Waals surface area contributed by atoms with Gasteiger partial charge in [0.05, 0.1) is 17.9 Å². The molecule has 1 aromatic heterocycles. The summed E-state index contributed by atoms with van der Waals surface area (Å²) in [5.41, 5.74) is 0.921. The first-order chi connectivity index (χ1) is 10.2. The molecule has 3 nitrogen and oxygen atoms in total. The van der Waals surface area contributed by atoms with Gasteiger partial charge in [0.1, 0.15) is 5.82 Å². The van der Waals surface area contributed by atoms with E-state index < -0.39 is 0 Å². The lowest BCUT2D eigenvalue weighted by atomic mass is 9.89. The van der Waals surface area contributed by atoms with Crippen molar-refractivity contribution < 1.29 is 4.39 Å². The van der Waals surface area contributed by atoms with Gasteiger partial charge in [0.15, 0.2) is 0 Å². The maximum atomic E-state index is 12.9. The molecule has 0 radical (unpaired) electrons. The zero-order valence-electron chi connectivity index (χ0n) is 13.3. The molecular weight excluding hydrogens is 265 g/mol. The third kappa shape index (κ3) is 5.36. The quantitative estimate of drug-likeness (QED) is 0.835. The van der Waals surface area contributed by atoms with Crippen molar-refractivity contribution >= 4 is 0 Å². The number of pyridine rings is 1. The molecule has 1 aromatic rings. The van der Waals surface area contributed by atoms with Gasteiger partial charge in [-0.05, 0) is 58.0 Å². The lowest BCUT2D eigenvalue weighted by Gasteiger charge is -2.28. The van der Waals surface area contributed by atoms with Crippen LogP contribution in [-0.4, -0.2) is 37.1 Å². The molecule has 0 saturated heterocycles. The van der Waals surface area contributed by atoms with Crippen LogP contribution in [0.15, 0.2) is 18.3 Å². The number of rotatable bonds is 7. The van der Waals surface area contributed by atoms with Gasteiger partial charge < -0.3 is 10.2 Å². The molecule has 118 valence electrons. The Kier molecular flexibility index (Phi) is 6.58. The molecule has 21 heavy (non-hydrogen) atoms. The Labute approximate surface area is 127 Å². The number of hydrogen-bond acceptors (Lipinski definition) is 3. The number of nitrogens with zero attached hydrogens (tertiary/aromatic N) is 2. The first-order valence-electron chi connectivity index (χ1n) is 8.16. The van der Waals surface area contributed by atoms with E-state index in [-0.39, 0.29) is 11.9 Å². The Morgan fingerprint density at radius 3 is 2.71 bits per heavy atom. The SMILES string of the molecule is CNC(CCN(C)CC1CCCCC1)c1ccc(F)cn1. The van der Waals surface area contributed by atoms with Crippen molar-refractivity contribution in [2.24, 2.45) is 5.92 Å². The van der Waals surface area contributed by atoms with E-state index in [0.29, 0.717) is 0 Å². The van der Waals surface area contributed by atoms with Crippen LogP contribution in [-0.2, 0) is 0 Å². The monoisotopic (exact) mass is 293 g/mol. The van der Waals surface area contributed by atoms with Gasteiger partial charge in [-0.1, -0.05) is 19.3 Å². The van der Waals surface area contributed by atoms with E-state index in [4.69, 9.17) is 0 Å². The predicted octanol–water partition coefficient (Wildman–Crippen LogP) is 3.38. The van der Waals surface area contributed by atoms with Crippen molar-refractivity contribution in [3.8, 4) is 0 Å². The largest absolute Gasteiger partial charge is 0.312 e. The van der Waals surface area contributed by atoms with Crippen LogP contribution < -0.4 is 5.32 Å². The highest BCUT2D eigenvalue weighted by atomic mass is 19.1. The first-order valence-corrected chi connectivity index (χ1v) is 8.16. The first kappa shape index (κ1) is 16.4. The minimum absolute atomic E-state index is 0.194. The Bertz CT molecular complexity index is 401. The Balaban J connectivity index is 1.77. The summed E-state index contributed by atoms with van der Waals surface area (Å²) in [5, 5.41) is 3.29. The second-order valence-corrected chi connectivity index (χ2v) is 6.30. The molecule has 1 unspecified atom stereocenters. The van der Waals surface area contributed by atoms with Crippen molar-refractivity contribution in [1.82, 2.24) is 15.2 Å². The number of nitrogens with one attached hydrogen (secondary N) is 1. The van der Waals surface area contributed by atoms with Gasteiger partial charge in [0, 0.05) is 6.54 Å². The van der Waals surface area contributed by atoms with Gasteiger partial charge in [-0.25, -0.2) is 4.39 Å². The smallest absolute Gasteiger partial charge is 0.141 e. The number of hydrogen-bond donors (Lipinski definition) is 1. The highest BCUT2D eigenvalue weighted by Gasteiger charge is 2.17. The average Bonchev–Trinajstić information content (AvgIpc) is 2.50. The van der Waals surface area contributed by atoms with E-state index in [2.05, 4.69) is 22.2 Å². The lowest BCUT2D eigenvalue weighted by Crippen LogP contribution is -2.30. The maximum absolute atomic E-state index is 12.9. The van der Waals surface area contributed by atoms with Gasteiger partial charge in [-0.2, -0.15) is 0 Å². The second-order valence-electron chi connectivity index (χ2n) is 6.30. The fourth-order valence-corrected chi connectivity index (χ4v) is 3.28. The van der Waals surface area contributed by atoms with Crippen molar-refractivity contribution in [3.63, 3.8) is 0 Å². The molecule has 1 fully saturated rings. The average molecular weight is 293 g/mol. The highest BCUT2D eigenvalue weighted by Crippen LogP contribution is 2.24. The zero-order valence-corrected chi connectivity index (χ0v) is 13.3. The predicted molar refractivity (Wildman–Crippen MR) is 84.7 cm³/mol. The Morgan fingerprint density at radius 1 is 1.33 bits per heavy atom. The minimum Gasteiger partial charge on any atom is -0.312 e. The molecule has 1 atom stereocenters. The van der Waals surface area contributed by atoms with E-state index >= 15 is 0 Å². The molecule has 1 heterocycles. The van der Waals surface area contributed by atoms with E-state index in [9.17, 15) is 4.39 Å². The standard InChI is InChI=1S/C17H28FN3/c1-19-16(17-9-8-15(18)12-20-17)10-11-21(2)13-14-6-4-3-5-7-14/h8-9,12,14,16,19H,3-7,10-11,13H2,1-2H3. The summed E-state index contributed by atoms with van der Waals surface area (Å²) in [5.74, 6) is 0.601. The van der Waals surface area contributed by atoms with Crippen molar-refractivity contribution in [1.29, 1.82) is 0 Å². The van der Waals surface area contributed by atoms with Crippen LogP contribution in [0.3, 0.4) is 0 Å². The van der Waals surface area contributed by atoms with E-state index in [0.717, 1.165) is 24.6 Å². The molecule has 0 bridgehead atoms. The summed E-state index contributed by atoms with van der Waals surface area (Å²) >= 11 is 0. The van der Waals surface area contributed by atoms with Gasteiger partial charge in [-0.15, -0.1) is 0 Å². The van der Waals surface area contributed by atoms with Crippen LogP contribution in [0.4, 0.5) is 4.39 Å². The molecular formula is C17H28FN3.